The summed E-state index contributed by atoms with van der Waals surface area (Å²) in [5.41, 5.74) is 2.26. The van der Waals surface area contributed by atoms with E-state index in [-0.39, 0.29) is 5.92 Å². The molecule has 0 saturated carbocycles. The van der Waals surface area contributed by atoms with Crippen molar-refractivity contribution < 1.29 is 4.79 Å². The molecule has 0 bridgehead atoms. The maximum Gasteiger partial charge on any atom is 0.127 e. The van der Waals surface area contributed by atoms with Crippen LogP contribution in [0.5, 0.6) is 0 Å². The van der Waals surface area contributed by atoms with Crippen LogP contribution in [-0.4, -0.2) is 10.9 Å². The summed E-state index contributed by atoms with van der Waals surface area (Å²) in [6, 6.07) is 8.14. The van der Waals surface area contributed by atoms with Crippen LogP contribution in [0.4, 0.5) is 0 Å². The lowest BCUT2D eigenvalue weighted by atomic mass is 10.0. The molecule has 0 fully saturated rings. The number of hydrogen-bond donors (Lipinski definition) is 0. The third-order valence-electron chi connectivity index (χ3n) is 2.62. The van der Waals surface area contributed by atoms with E-state index in [9.17, 15) is 4.79 Å². The van der Waals surface area contributed by atoms with Crippen molar-refractivity contribution in [2.45, 2.75) is 12.8 Å². The van der Waals surface area contributed by atoms with Crippen molar-refractivity contribution in [2.24, 2.45) is 7.05 Å². The van der Waals surface area contributed by atoms with E-state index in [2.05, 4.69) is 16.7 Å². The summed E-state index contributed by atoms with van der Waals surface area (Å²) >= 11 is 0. The first kappa shape index (κ1) is 9.00. The number of benzene rings is 1. The molecule has 0 aliphatic heterocycles. The summed E-state index contributed by atoms with van der Waals surface area (Å²) in [5.74, 6) is -0.0349. The maximum absolute atomic E-state index is 10.8. The van der Waals surface area contributed by atoms with Crippen molar-refractivity contribution in [3.63, 3.8) is 0 Å². The fourth-order valence-corrected chi connectivity index (χ4v) is 1.83. The number of aromatic nitrogens is 1. The lowest BCUT2D eigenvalue weighted by Gasteiger charge is -2.08. The van der Waals surface area contributed by atoms with Gasteiger partial charge in [-0.25, -0.2) is 0 Å². The van der Waals surface area contributed by atoms with Crippen molar-refractivity contribution >= 4 is 17.2 Å². The Morgan fingerprint density at radius 2 is 2.14 bits per heavy atom. The Labute approximate surface area is 83.2 Å². The third kappa shape index (κ3) is 1.23. The minimum absolute atomic E-state index is 0.0349. The Balaban J connectivity index is 2.74. The first-order chi connectivity index (χ1) is 6.74. The minimum atomic E-state index is -0.0349. The molecule has 2 aromatic rings. The second-order valence-electron chi connectivity index (χ2n) is 3.64. The summed E-state index contributed by atoms with van der Waals surface area (Å²) < 4.78 is 2.06. The second-order valence-corrected chi connectivity index (χ2v) is 3.64. The molecule has 2 nitrogen and oxygen atoms in total. The van der Waals surface area contributed by atoms with Gasteiger partial charge in [-0.05, 0) is 17.0 Å². The van der Waals surface area contributed by atoms with Crippen LogP contribution in [-0.2, 0) is 11.8 Å². The number of rotatable bonds is 2. The van der Waals surface area contributed by atoms with Crippen LogP contribution in [0.3, 0.4) is 0 Å². The number of para-hydroxylation sites is 1. The first-order valence-corrected chi connectivity index (χ1v) is 4.73. The van der Waals surface area contributed by atoms with E-state index in [1.165, 1.54) is 5.39 Å². The molecular weight excluding hydrogens is 174 g/mol. The predicted octanol–water partition coefficient (Wildman–Crippen LogP) is 2.48. The van der Waals surface area contributed by atoms with E-state index in [0.29, 0.717) is 0 Å². The fraction of sp³-hybridized carbons (Fsp3) is 0.250. The van der Waals surface area contributed by atoms with Gasteiger partial charge in [0.25, 0.3) is 0 Å². The lowest BCUT2D eigenvalue weighted by molar-refractivity contribution is -0.108. The number of carbonyl (C=O) groups is 1. The Hall–Kier alpha value is -1.57. The summed E-state index contributed by atoms with van der Waals surface area (Å²) in [4.78, 5) is 10.8. The largest absolute Gasteiger partial charge is 0.350 e. The van der Waals surface area contributed by atoms with Crippen molar-refractivity contribution in [1.29, 1.82) is 0 Å². The second kappa shape index (κ2) is 3.29. The van der Waals surface area contributed by atoms with Crippen LogP contribution in [0.1, 0.15) is 18.4 Å². The summed E-state index contributed by atoms with van der Waals surface area (Å²) in [6.45, 7) is 1.93. The van der Waals surface area contributed by atoms with Crippen molar-refractivity contribution in [3.05, 3.63) is 36.0 Å². The van der Waals surface area contributed by atoms with Gasteiger partial charge < -0.3 is 9.36 Å². The summed E-state index contributed by atoms with van der Waals surface area (Å²) in [5, 5.41) is 1.19. The van der Waals surface area contributed by atoms with E-state index in [1.54, 1.807) is 0 Å². The number of nitrogens with zero attached hydrogens (tertiary/aromatic N) is 1. The third-order valence-corrected chi connectivity index (χ3v) is 2.62. The number of carbonyl (C=O) groups excluding carboxylic acids is 1. The van der Waals surface area contributed by atoms with Crippen LogP contribution in [0, 0.1) is 0 Å². The molecule has 0 spiro atoms. The molecule has 2 heteroatoms. The van der Waals surface area contributed by atoms with Gasteiger partial charge in [0.05, 0.1) is 5.52 Å². The van der Waals surface area contributed by atoms with Crippen molar-refractivity contribution in [1.82, 2.24) is 4.57 Å². The van der Waals surface area contributed by atoms with Crippen molar-refractivity contribution in [3.8, 4) is 0 Å². The topological polar surface area (TPSA) is 22.0 Å². The van der Waals surface area contributed by atoms with Gasteiger partial charge in [-0.15, -0.1) is 0 Å². The molecule has 1 atom stereocenters. The highest BCUT2D eigenvalue weighted by Crippen LogP contribution is 2.24. The van der Waals surface area contributed by atoms with Crippen LogP contribution in [0.2, 0.25) is 0 Å². The molecule has 0 radical (unpaired) electrons. The van der Waals surface area contributed by atoms with Gasteiger partial charge in [-0.1, -0.05) is 25.1 Å². The van der Waals surface area contributed by atoms with E-state index in [1.807, 2.05) is 32.3 Å². The quantitative estimate of drug-likeness (QED) is 0.662. The Morgan fingerprint density at radius 3 is 2.86 bits per heavy atom. The summed E-state index contributed by atoms with van der Waals surface area (Å²) in [6.07, 6.45) is 3.01. The van der Waals surface area contributed by atoms with Gasteiger partial charge in [0.15, 0.2) is 0 Å². The zero-order valence-corrected chi connectivity index (χ0v) is 8.40. The molecule has 72 valence electrons. The van der Waals surface area contributed by atoms with Gasteiger partial charge in [0.2, 0.25) is 0 Å². The Kier molecular flexibility index (Phi) is 2.12. The molecule has 1 unspecified atom stereocenters. The molecule has 1 heterocycles. The maximum atomic E-state index is 10.8. The number of hydrogen-bond acceptors (Lipinski definition) is 1. The van der Waals surface area contributed by atoms with Gasteiger partial charge in [-0.3, -0.25) is 0 Å². The fourth-order valence-electron chi connectivity index (χ4n) is 1.83. The van der Waals surface area contributed by atoms with Gasteiger partial charge in [0, 0.05) is 19.2 Å². The van der Waals surface area contributed by atoms with Crippen molar-refractivity contribution in [2.75, 3.05) is 0 Å². The molecule has 1 aromatic heterocycles. The standard InChI is InChI=1S/C12H13NO/c1-9(8-14)11-5-3-4-10-6-7-13(2)12(10)11/h3-9H,1-2H3. The average molecular weight is 187 g/mol. The van der Waals surface area contributed by atoms with Gasteiger partial charge in [-0.2, -0.15) is 0 Å². The molecule has 0 aliphatic rings. The zero-order chi connectivity index (χ0) is 10.1. The van der Waals surface area contributed by atoms with Gasteiger partial charge in [0.1, 0.15) is 6.29 Å². The van der Waals surface area contributed by atoms with E-state index in [4.69, 9.17) is 0 Å². The molecule has 0 N–H and O–H groups in total. The molecule has 0 aliphatic carbocycles. The monoisotopic (exact) mass is 187 g/mol. The van der Waals surface area contributed by atoms with Crippen LogP contribution in [0.15, 0.2) is 30.5 Å². The predicted molar refractivity (Wildman–Crippen MR) is 57.4 cm³/mol. The molecule has 2 rings (SSSR count). The SMILES string of the molecule is CC(C=O)c1cccc2ccn(C)c12. The highest BCUT2D eigenvalue weighted by atomic mass is 16.1. The van der Waals surface area contributed by atoms with E-state index < -0.39 is 0 Å². The normalized spacial score (nSPS) is 13.0. The van der Waals surface area contributed by atoms with Crippen LogP contribution >= 0.6 is 0 Å². The molecule has 0 amide bonds. The number of aldehydes is 1. The average Bonchev–Trinajstić information content (AvgIpc) is 2.59. The van der Waals surface area contributed by atoms with Crippen LogP contribution in [0.25, 0.3) is 10.9 Å². The van der Waals surface area contributed by atoms with E-state index >= 15 is 0 Å². The molecule has 14 heavy (non-hydrogen) atoms. The Bertz CT molecular complexity index is 470. The first-order valence-electron chi connectivity index (χ1n) is 4.73. The number of aryl methyl sites for hydroxylation is 1. The highest BCUT2D eigenvalue weighted by Gasteiger charge is 2.09. The minimum Gasteiger partial charge on any atom is -0.350 e. The van der Waals surface area contributed by atoms with Crippen LogP contribution < -0.4 is 0 Å². The number of fused-ring (bicyclic) bond motifs is 1. The zero-order valence-electron chi connectivity index (χ0n) is 8.40. The smallest absolute Gasteiger partial charge is 0.127 e. The molecule has 0 saturated heterocycles. The highest BCUT2D eigenvalue weighted by molar-refractivity contribution is 5.86. The lowest BCUT2D eigenvalue weighted by Crippen LogP contribution is -1.98. The van der Waals surface area contributed by atoms with E-state index in [0.717, 1.165) is 17.4 Å². The van der Waals surface area contributed by atoms with Gasteiger partial charge >= 0.3 is 0 Å². The summed E-state index contributed by atoms with van der Waals surface area (Å²) in [7, 11) is 2.00. The molecular formula is C12H13NO. The molecule has 1 aromatic carbocycles. The Morgan fingerprint density at radius 1 is 1.36 bits per heavy atom.